The summed E-state index contributed by atoms with van der Waals surface area (Å²) in [6.45, 7) is 2.90. The molecule has 4 rings (SSSR count). The van der Waals surface area contributed by atoms with Gasteiger partial charge >= 0.3 is 5.97 Å². The van der Waals surface area contributed by atoms with Gasteiger partial charge < -0.3 is 19.9 Å². The summed E-state index contributed by atoms with van der Waals surface area (Å²) in [4.78, 5) is 26.1. The Bertz CT molecular complexity index is 1140. The van der Waals surface area contributed by atoms with E-state index in [1.165, 1.54) is 18.3 Å². The SMILES string of the molecule is O=C(O)c1cn(Cc2ccc(F)cc2)c2cc(N3CCNCC3)c(F)cc2c1=O. The number of carboxylic acids is 1. The van der Waals surface area contributed by atoms with Crippen molar-refractivity contribution in [2.45, 2.75) is 6.54 Å². The highest BCUT2D eigenvalue weighted by molar-refractivity contribution is 5.93. The number of aromatic carboxylic acids is 1. The van der Waals surface area contributed by atoms with E-state index in [2.05, 4.69) is 5.32 Å². The van der Waals surface area contributed by atoms with E-state index >= 15 is 0 Å². The maximum Gasteiger partial charge on any atom is 0.341 e. The summed E-state index contributed by atoms with van der Waals surface area (Å²) in [6, 6.07) is 8.49. The van der Waals surface area contributed by atoms with Crippen LogP contribution in [0.3, 0.4) is 0 Å². The number of benzene rings is 2. The average Bonchev–Trinajstić information content (AvgIpc) is 2.72. The van der Waals surface area contributed by atoms with Gasteiger partial charge in [-0.1, -0.05) is 12.1 Å². The van der Waals surface area contributed by atoms with E-state index in [1.807, 2.05) is 4.90 Å². The van der Waals surface area contributed by atoms with Crippen molar-refractivity contribution >= 4 is 22.6 Å². The lowest BCUT2D eigenvalue weighted by atomic mass is 10.1. The Balaban J connectivity index is 1.90. The Hall–Kier alpha value is -3.26. The number of rotatable bonds is 4. The van der Waals surface area contributed by atoms with Crippen molar-refractivity contribution in [1.82, 2.24) is 9.88 Å². The third kappa shape index (κ3) is 3.71. The second-order valence-corrected chi connectivity index (χ2v) is 6.99. The van der Waals surface area contributed by atoms with Gasteiger partial charge in [0.25, 0.3) is 0 Å². The van der Waals surface area contributed by atoms with Gasteiger partial charge in [-0.15, -0.1) is 0 Å². The molecule has 150 valence electrons. The molecule has 0 saturated carbocycles. The Labute approximate surface area is 165 Å². The van der Waals surface area contributed by atoms with Crippen molar-refractivity contribution in [2.75, 3.05) is 31.1 Å². The van der Waals surface area contributed by atoms with Crippen LogP contribution in [0, 0.1) is 11.6 Å². The predicted molar refractivity (Wildman–Crippen MR) is 106 cm³/mol. The maximum atomic E-state index is 14.8. The molecule has 29 heavy (non-hydrogen) atoms. The Kier molecular flexibility index (Phi) is 5.02. The van der Waals surface area contributed by atoms with E-state index in [-0.39, 0.29) is 17.7 Å². The van der Waals surface area contributed by atoms with Crippen LogP contribution in [-0.4, -0.2) is 41.8 Å². The number of nitrogens with zero attached hydrogens (tertiary/aromatic N) is 2. The molecular weight excluding hydrogens is 380 g/mol. The molecule has 0 aliphatic carbocycles. The number of hydrogen-bond acceptors (Lipinski definition) is 4. The molecule has 6 nitrogen and oxygen atoms in total. The fraction of sp³-hybridized carbons (Fsp3) is 0.238. The van der Waals surface area contributed by atoms with Gasteiger partial charge in [-0.05, 0) is 29.8 Å². The molecule has 1 aliphatic heterocycles. The van der Waals surface area contributed by atoms with E-state index in [0.29, 0.717) is 24.3 Å². The van der Waals surface area contributed by atoms with Crippen molar-refractivity contribution in [1.29, 1.82) is 0 Å². The van der Waals surface area contributed by atoms with Crippen LogP contribution in [0.2, 0.25) is 0 Å². The molecule has 0 bridgehead atoms. The molecule has 2 aromatic carbocycles. The highest BCUT2D eigenvalue weighted by Crippen LogP contribution is 2.26. The first-order valence-corrected chi connectivity index (χ1v) is 9.24. The maximum absolute atomic E-state index is 14.8. The van der Waals surface area contributed by atoms with Crippen LogP contribution >= 0.6 is 0 Å². The number of fused-ring (bicyclic) bond motifs is 1. The Morgan fingerprint density at radius 3 is 2.45 bits per heavy atom. The summed E-state index contributed by atoms with van der Waals surface area (Å²) in [5.41, 5.74) is 0.358. The number of halogens is 2. The number of hydrogen-bond donors (Lipinski definition) is 2. The van der Waals surface area contributed by atoms with Gasteiger partial charge in [0, 0.05) is 44.3 Å². The van der Waals surface area contributed by atoms with Crippen molar-refractivity contribution in [2.24, 2.45) is 0 Å². The number of aromatic nitrogens is 1. The third-order valence-corrected chi connectivity index (χ3v) is 5.10. The summed E-state index contributed by atoms with van der Waals surface area (Å²) >= 11 is 0. The average molecular weight is 399 g/mol. The summed E-state index contributed by atoms with van der Waals surface area (Å²) in [5, 5.41) is 12.6. The van der Waals surface area contributed by atoms with Gasteiger partial charge in [-0.2, -0.15) is 0 Å². The van der Waals surface area contributed by atoms with E-state index in [1.54, 1.807) is 22.8 Å². The lowest BCUT2D eigenvalue weighted by Crippen LogP contribution is -2.43. The number of carboxylic acid groups (broad SMARTS) is 1. The van der Waals surface area contributed by atoms with Gasteiger partial charge in [0.2, 0.25) is 5.43 Å². The van der Waals surface area contributed by atoms with Crippen LogP contribution in [0.4, 0.5) is 14.5 Å². The number of pyridine rings is 1. The number of piperazine rings is 1. The molecular formula is C21H19F2N3O3. The van der Waals surface area contributed by atoms with Gasteiger partial charge in [-0.25, -0.2) is 13.6 Å². The lowest BCUT2D eigenvalue weighted by molar-refractivity contribution is 0.0695. The fourth-order valence-electron chi connectivity index (χ4n) is 3.62. The zero-order valence-corrected chi connectivity index (χ0v) is 15.5. The summed E-state index contributed by atoms with van der Waals surface area (Å²) in [7, 11) is 0. The molecule has 2 N–H and O–H groups in total. The molecule has 2 heterocycles. The minimum Gasteiger partial charge on any atom is -0.477 e. The van der Waals surface area contributed by atoms with Gasteiger partial charge in [-0.3, -0.25) is 4.79 Å². The van der Waals surface area contributed by atoms with E-state index in [0.717, 1.165) is 24.7 Å². The van der Waals surface area contributed by atoms with Crippen molar-refractivity contribution < 1.29 is 18.7 Å². The summed E-state index contributed by atoms with van der Waals surface area (Å²) in [5.74, 6) is -2.32. The molecule has 0 unspecified atom stereocenters. The smallest absolute Gasteiger partial charge is 0.341 e. The van der Waals surface area contributed by atoms with Crippen LogP contribution in [-0.2, 0) is 6.54 Å². The molecule has 0 amide bonds. The molecule has 0 atom stereocenters. The zero-order valence-electron chi connectivity index (χ0n) is 15.5. The monoisotopic (exact) mass is 399 g/mol. The fourth-order valence-corrected chi connectivity index (χ4v) is 3.62. The Morgan fingerprint density at radius 2 is 1.79 bits per heavy atom. The molecule has 1 saturated heterocycles. The van der Waals surface area contributed by atoms with E-state index < -0.39 is 22.8 Å². The third-order valence-electron chi connectivity index (χ3n) is 5.10. The van der Waals surface area contributed by atoms with Crippen molar-refractivity contribution in [3.05, 3.63) is 75.6 Å². The lowest BCUT2D eigenvalue weighted by Gasteiger charge is -2.30. The van der Waals surface area contributed by atoms with Crippen LogP contribution < -0.4 is 15.6 Å². The minimum atomic E-state index is -1.38. The summed E-state index contributed by atoms with van der Waals surface area (Å²) in [6.07, 6.45) is 1.26. The predicted octanol–water partition coefficient (Wildman–Crippen LogP) is 2.44. The van der Waals surface area contributed by atoms with Crippen LogP contribution in [0.15, 0.2) is 47.4 Å². The zero-order chi connectivity index (χ0) is 20.5. The molecule has 3 aromatic rings. The number of carbonyl (C=O) groups is 1. The minimum absolute atomic E-state index is 0.00314. The van der Waals surface area contributed by atoms with Crippen LogP contribution in [0.25, 0.3) is 10.9 Å². The normalized spacial score (nSPS) is 14.3. The van der Waals surface area contributed by atoms with Crippen LogP contribution in [0.5, 0.6) is 0 Å². The van der Waals surface area contributed by atoms with Gasteiger partial charge in [0.15, 0.2) is 0 Å². The molecule has 1 fully saturated rings. The first-order chi connectivity index (χ1) is 13.9. The second-order valence-electron chi connectivity index (χ2n) is 6.99. The highest BCUT2D eigenvalue weighted by atomic mass is 19.1. The van der Waals surface area contributed by atoms with Crippen molar-refractivity contribution in [3.8, 4) is 0 Å². The van der Waals surface area contributed by atoms with Gasteiger partial charge in [0.1, 0.15) is 17.2 Å². The summed E-state index contributed by atoms with van der Waals surface area (Å²) < 4.78 is 29.6. The molecule has 1 aliphatic rings. The molecule has 0 radical (unpaired) electrons. The first-order valence-electron chi connectivity index (χ1n) is 9.24. The molecule has 1 aromatic heterocycles. The highest BCUT2D eigenvalue weighted by Gasteiger charge is 2.20. The van der Waals surface area contributed by atoms with E-state index in [4.69, 9.17) is 0 Å². The van der Waals surface area contributed by atoms with E-state index in [9.17, 15) is 23.5 Å². The van der Waals surface area contributed by atoms with Crippen molar-refractivity contribution in [3.63, 3.8) is 0 Å². The van der Waals surface area contributed by atoms with Gasteiger partial charge in [0.05, 0.1) is 11.2 Å². The first kappa shape index (κ1) is 19.1. The topological polar surface area (TPSA) is 74.6 Å². The number of nitrogens with one attached hydrogen (secondary N) is 1. The standard InChI is InChI=1S/C21H19F2N3O3/c22-14-3-1-13(2-4-14)11-26-12-16(21(28)29)20(27)15-9-17(23)19(10-18(15)26)25-7-5-24-6-8-25/h1-4,9-10,12,24H,5-8,11H2,(H,28,29). The number of anilines is 1. The quantitative estimate of drug-likeness (QED) is 0.705. The largest absolute Gasteiger partial charge is 0.477 e. The molecule has 8 heteroatoms. The second kappa shape index (κ2) is 7.63. The molecule has 0 spiro atoms. The Morgan fingerprint density at radius 1 is 1.10 bits per heavy atom. The van der Waals surface area contributed by atoms with Crippen LogP contribution in [0.1, 0.15) is 15.9 Å².